The number of aliphatic hydroxyl groups excluding tert-OH is 1. The number of nitrogens with one attached hydrogen (secondary N) is 1. The molecule has 0 aliphatic carbocycles. The van der Waals surface area contributed by atoms with Gasteiger partial charge in [0.2, 0.25) is 0 Å². The maximum Gasteiger partial charge on any atom is 0.321 e. The molecule has 0 saturated heterocycles. The van der Waals surface area contributed by atoms with E-state index < -0.39 is 0 Å². The first-order chi connectivity index (χ1) is 9.08. The number of amides is 2. The first-order valence-electron chi connectivity index (χ1n) is 6.51. The van der Waals surface area contributed by atoms with Gasteiger partial charge in [-0.25, -0.2) is 9.18 Å². The van der Waals surface area contributed by atoms with Crippen molar-refractivity contribution in [1.29, 1.82) is 0 Å². The zero-order valence-electron chi connectivity index (χ0n) is 11.4. The number of halogens is 1. The monoisotopic (exact) mass is 268 g/mol. The SMILES string of the molecule is CCCCN(CCO)C(=O)Nc1cc(F)ccc1C. The zero-order chi connectivity index (χ0) is 14.3. The number of hydrogen-bond donors (Lipinski definition) is 2. The topological polar surface area (TPSA) is 52.6 Å². The number of carbonyl (C=O) groups excluding carboxylic acids is 1. The van der Waals surface area contributed by atoms with Gasteiger partial charge in [0.25, 0.3) is 0 Å². The average Bonchev–Trinajstić information content (AvgIpc) is 2.38. The average molecular weight is 268 g/mol. The van der Waals surface area contributed by atoms with Crippen LogP contribution in [0, 0.1) is 12.7 Å². The Hall–Kier alpha value is -1.62. The van der Waals surface area contributed by atoms with Crippen LogP contribution in [0.2, 0.25) is 0 Å². The number of nitrogens with zero attached hydrogens (tertiary/aromatic N) is 1. The van der Waals surface area contributed by atoms with Crippen LogP contribution < -0.4 is 5.32 Å². The van der Waals surface area contributed by atoms with Crippen LogP contribution in [0.25, 0.3) is 0 Å². The van der Waals surface area contributed by atoms with Crippen molar-refractivity contribution < 1.29 is 14.3 Å². The summed E-state index contributed by atoms with van der Waals surface area (Å²) < 4.78 is 13.1. The molecule has 0 aromatic heterocycles. The molecule has 0 atom stereocenters. The highest BCUT2D eigenvalue weighted by Crippen LogP contribution is 2.16. The van der Waals surface area contributed by atoms with Gasteiger partial charge in [0.05, 0.1) is 6.61 Å². The number of aryl methyl sites for hydroxylation is 1. The fourth-order valence-electron chi connectivity index (χ4n) is 1.71. The molecule has 1 rings (SSSR count). The van der Waals surface area contributed by atoms with E-state index in [0.717, 1.165) is 18.4 Å². The van der Waals surface area contributed by atoms with E-state index in [0.29, 0.717) is 12.2 Å². The van der Waals surface area contributed by atoms with Crippen molar-refractivity contribution in [3.63, 3.8) is 0 Å². The smallest absolute Gasteiger partial charge is 0.321 e. The van der Waals surface area contributed by atoms with E-state index >= 15 is 0 Å². The van der Waals surface area contributed by atoms with Crippen LogP contribution in [0.5, 0.6) is 0 Å². The zero-order valence-corrected chi connectivity index (χ0v) is 11.4. The van der Waals surface area contributed by atoms with Crippen LogP contribution in [0.4, 0.5) is 14.9 Å². The van der Waals surface area contributed by atoms with Crippen molar-refractivity contribution in [2.45, 2.75) is 26.7 Å². The van der Waals surface area contributed by atoms with Gasteiger partial charge in [-0.05, 0) is 31.0 Å². The molecule has 5 heteroatoms. The molecule has 0 bridgehead atoms. The number of unbranched alkanes of at least 4 members (excludes halogenated alkanes) is 1. The second-order valence-corrected chi connectivity index (χ2v) is 4.45. The summed E-state index contributed by atoms with van der Waals surface area (Å²) in [7, 11) is 0. The van der Waals surface area contributed by atoms with Crippen LogP contribution in [0.3, 0.4) is 0 Å². The number of rotatable bonds is 6. The van der Waals surface area contributed by atoms with Gasteiger partial charge < -0.3 is 15.3 Å². The second kappa shape index (κ2) is 7.74. The summed E-state index contributed by atoms with van der Waals surface area (Å²) in [5.41, 5.74) is 1.26. The summed E-state index contributed by atoms with van der Waals surface area (Å²) in [6.45, 7) is 4.61. The Kier molecular flexibility index (Phi) is 6.29. The van der Waals surface area contributed by atoms with Crippen LogP contribution in [0.15, 0.2) is 18.2 Å². The molecule has 0 aliphatic heterocycles. The summed E-state index contributed by atoms with van der Waals surface area (Å²) in [6.07, 6.45) is 1.84. The molecule has 19 heavy (non-hydrogen) atoms. The normalized spacial score (nSPS) is 10.3. The van der Waals surface area contributed by atoms with Gasteiger partial charge >= 0.3 is 6.03 Å². The molecule has 0 aliphatic rings. The van der Waals surface area contributed by atoms with Gasteiger partial charge in [-0.1, -0.05) is 19.4 Å². The van der Waals surface area contributed by atoms with Gasteiger partial charge in [0.15, 0.2) is 0 Å². The molecule has 106 valence electrons. The highest BCUT2D eigenvalue weighted by Gasteiger charge is 2.13. The van der Waals surface area contributed by atoms with Crippen LogP contribution in [0.1, 0.15) is 25.3 Å². The lowest BCUT2D eigenvalue weighted by molar-refractivity contribution is 0.187. The molecule has 2 amide bonds. The largest absolute Gasteiger partial charge is 0.395 e. The van der Waals surface area contributed by atoms with Crippen molar-refractivity contribution in [2.75, 3.05) is 25.0 Å². The Bertz CT molecular complexity index is 424. The van der Waals surface area contributed by atoms with Gasteiger partial charge in [-0.2, -0.15) is 0 Å². The van der Waals surface area contributed by atoms with E-state index in [1.165, 1.54) is 17.0 Å². The van der Waals surface area contributed by atoms with E-state index in [9.17, 15) is 9.18 Å². The quantitative estimate of drug-likeness (QED) is 0.833. The molecule has 0 fully saturated rings. The minimum atomic E-state index is -0.386. The molecule has 1 aromatic rings. The molecule has 0 heterocycles. The summed E-state index contributed by atoms with van der Waals surface area (Å²) in [4.78, 5) is 13.6. The van der Waals surface area contributed by atoms with Crippen LogP contribution in [-0.2, 0) is 0 Å². The van der Waals surface area contributed by atoms with Gasteiger partial charge in [-0.3, -0.25) is 0 Å². The van der Waals surface area contributed by atoms with E-state index in [4.69, 9.17) is 5.11 Å². The molecule has 0 unspecified atom stereocenters. The van der Waals surface area contributed by atoms with Gasteiger partial charge in [0, 0.05) is 18.8 Å². The van der Waals surface area contributed by atoms with Crippen molar-refractivity contribution in [2.24, 2.45) is 0 Å². The third-order valence-corrected chi connectivity index (χ3v) is 2.88. The van der Waals surface area contributed by atoms with Crippen molar-refractivity contribution in [3.8, 4) is 0 Å². The molecular formula is C14H21FN2O2. The summed E-state index contributed by atoms with van der Waals surface area (Å²) >= 11 is 0. The Morgan fingerprint density at radius 2 is 2.16 bits per heavy atom. The molecule has 0 radical (unpaired) electrons. The Morgan fingerprint density at radius 3 is 2.79 bits per heavy atom. The predicted molar refractivity (Wildman–Crippen MR) is 73.7 cm³/mol. The fraction of sp³-hybridized carbons (Fsp3) is 0.500. The summed E-state index contributed by atoms with van der Waals surface area (Å²) in [5, 5.41) is 11.6. The van der Waals surface area contributed by atoms with E-state index in [-0.39, 0.29) is 25.0 Å². The van der Waals surface area contributed by atoms with Crippen molar-refractivity contribution in [3.05, 3.63) is 29.6 Å². The third-order valence-electron chi connectivity index (χ3n) is 2.88. The van der Waals surface area contributed by atoms with Crippen LogP contribution in [-0.4, -0.2) is 35.7 Å². The predicted octanol–water partition coefficient (Wildman–Crippen LogP) is 2.76. The number of anilines is 1. The lowest BCUT2D eigenvalue weighted by Gasteiger charge is -2.22. The highest BCUT2D eigenvalue weighted by molar-refractivity contribution is 5.90. The van der Waals surface area contributed by atoms with Gasteiger partial charge in [0.1, 0.15) is 5.82 Å². The Morgan fingerprint density at radius 1 is 1.42 bits per heavy atom. The van der Waals surface area contributed by atoms with Crippen molar-refractivity contribution >= 4 is 11.7 Å². The van der Waals surface area contributed by atoms with Gasteiger partial charge in [-0.15, -0.1) is 0 Å². The van der Waals surface area contributed by atoms with E-state index in [2.05, 4.69) is 5.32 Å². The Labute approximate surface area is 113 Å². The number of benzene rings is 1. The molecule has 0 saturated carbocycles. The standard InChI is InChI=1S/C14H21FN2O2/c1-3-4-7-17(8-9-18)14(19)16-13-10-12(15)6-5-11(13)2/h5-6,10,18H,3-4,7-9H2,1-2H3,(H,16,19). The first-order valence-corrected chi connectivity index (χ1v) is 6.51. The fourth-order valence-corrected chi connectivity index (χ4v) is 1.71. The molecule has 0 spiro atoms. The number of urea groups is 1. The summed E-state index contributed by atoms with van der Waals surface area (Å²) in [6, 6.07) is 3.96. The third kappa shape index (κ3) is 4.87. The minimum absolute atomic E-state index is 0.0841. The maximum absolute atomic E-state index is 13.1. The van der Waals surface area contributed by atoms with Crippen molar-refractivity contribution in [1.82, 2.24) is 4.90 Å². The molecular weight excluding hydrogens is 247 g/mol. The van der Waals surface area contributed by atoms with E-state index in [1.807, 2.05) is 6.92 Å². The van der Waals surface area contributed by atoms with Crippen LogP contribution >= 0.6 is 0 Å². The first kappa shape index (κ1) is 15.4. The Balaban J connectivity index is 2.71. The maximum atomic E-state index is 13.1. The molecule has 1 aromatic carbocycles. The number of carbonyl (C=O) groups is 1. The second-order valence-electron chi connectivity index (χ2n) is 4.45. The molecule has 2 N–H and O–H groups in total. The highest BCUT2D eigenvalue weighted by atomic mass is 19.1. The summed E-state index contributed by atoms with van der Waals surface area (Å²) in [5.74, 6) is -0.386. The lowest BCUT2D eigenvalue weighted by Crippen LogP contribution is -2.37. The minimum Gasteiger partial charge on any atom is -0.395 e. The molecule has 4 nitrogen and oxygen atoms in total. The van der Waals surface area contributed by atoms with E-state index in [1.54, 1.807) is 13.0 Å². The number of aliphatic hydroxyl groups is 1. The lowest BCUT2D eigenvalue weighted by atomic mass is 10.2. The number of hydrogen-bond acceptors (Lipinski definition) is 2.